The fraction of sp³-hybridized carbons (Fsp3) is 0.250. The van der Waals surface area contributed by atoms with Crippen molar-refractivity contribution in [1.82, 2.24) is 15.2 Å². The Labute approximate surface area is 145 Å². The number of hydrogen-bond donors (Lipinski definition) is 2. The molecule has 0 radical (unpaired) electrons. The number of aromatic nitrogens is 1. The molecule has 1 amide bonds. The summed E-state index contributed by atoms with van der Waals surface area (Å²) in [6.45, 7) is 1.43. The minimum Gasteiger partial charge on any atom is -0.354 e. The maximum atomic E-state index is 14.0. The predicted octanol–water partition coefficient (Wildman–Crippen LogP) is 3.32. The first kappa shape index (κ1) is 15.8. The number of likely N-dealkylation sites (N-methyl/N-ethyl adjacent to an activating group) is 1. The van der Waals surface area contributed by atoms with E-state index < -0.39 is 5.82 Å². The fourth-order valence-electron chi connectivity index (χ4n) is 3.61. The van der Waals surface area contributed by atoms with Crippen LogP contribution in [0.25, 0.3) is 22.2 Å². The van der Waals surface area contributed by atoms with Crippen LogP contribution in [0.3, 0.4) is 0 Å². The zero-order valence-electron chi connectivity index (χ0n) is 14.3. The van der Waals surface area contributed by atoms with Gasteiger partial charge in [0.05, 0.1) is 5.56 Å². The van der Waals surface area contributed by atoms with Crippen LogP contribution in [0.15, 0.2) is 36.4 Å². The second-order valence-corrected chi connectivity index (χ2v) is 6.56. The van der Waals surface area contributed by atoms with E-state index in [1.54, 1.807) is 11.9 Å². The van der Waals surface area contributed by atoms with Gasteiger partial charge in [-0.05, 0) is 42.3 Å². The third-order valence-electron chi connectivity index (χ3n) is 4.86. The Morgan fingerprint density at radius 1 is 1.24 bits per heavy atom. The molecule has 2 N–H and O–H groups in total. The second kappa shape index (κ2) is 6.01. The molecule has 5 heteroatoms. The van der Waals surface area contributed by atoms with E-state index in [2.05, 4.69) is 34.6 Å². The lowest BCUT2D eigenvalue weighted by molar-refractivity contribution is 0.0801. The Balaban J connectivity index is 1.92. The number of amides is 1. The smallest absolute Gasteiger partial charge is 0.254 e. The molecule has 0 saturated heterocycles. The molecule has 3 aromatic rings. The number of nitrogens with zero attached hydrogens (tertiary/aromatic N) is 1. The molecule has 25 heavy (non-hydrogen) atoms. The van der Waals surface area contributed by atoms with Gasteiger partial charge in [-0.15, -0.1) is 0 Å². The van der Waals surface area contributed by atoms with Crippen LogP contribution in [-0.2, 0) is 13.0 Å². The van der Waals surface area contributed by atoms with Gasteiger partial charge in [0.15, 0.2) is 0 Å². The van der Waals surface area contributed by atoms with Crippen LogP contribution in [-0.4, -0.2) is 36.4 Å². The monoisotopic (exact) mass is 337 g/mol. The number of rotatable bonds is 3. The van der Waals surface area contributed by atoms with Crippen LogP contribution >= 0.6 is 0 Å². The SMILES string of the molecule is CNCc1ccc(-c2[nH]c3cc(F)cc4c3c2CCN(C)C4=O)cc1. The first-order valence-electron chi connectivity index (χ1n) is 8.42. The molecule has 1 aliphatic heterocycles. The highest BCUT2D eigenvalue weighted by molar-refractivity contribution is 6.10. The molecule has 1 aromatic heterocycles. The van der Waals surface area contributed by atoms with E-state index in [0.29, 0.717) is 17.6 Å². The largest absolute Gasteiger partial charge is 0.354 e. The molecule has 2 heterocycles. The van der Waals surface area contributed by atoms with Crippen LogP contribution in [0.5, 0.6) is 0 Å². The zero-order chi connectivity index (χ0) is 17.6. The zero-order valence-corrected chi connectivity index (χ0v) is 14.3. The molecule has 1 aliphatic rings. The van der Waals surface area contributed by atoms with Gasteiger partial charge in [0.25, 0.3) is 5.91 Å². The lowest BCUT2D eigenvalue weighted by Gasteiger charge is -2.14. The van der Waals surface area contributed by atoms with Crippen LogP contribution in [0, 0.1) is 5.82 Å². The number of halogens is 1. The summed E-state index contributed by atoms with van der Waals surface area (Å²) in [6, 6.07) is 11.1. The van der Waals surface area contributed by atoms with Crippen molar-refractivity contribution in [1.29, 1.82) is 0 Å². The third-order valence-corrected chi connectivity index (χ3v) is 4.86. The number of aromatic amines is 1. The highest BCUT2D eigenvalue weighted by atomic mass is 19.1. The summed E-state index contributed by atoms with van der Waals surface area (Å²) >= 11 is 0. The normalized spacial score (nSPS) is 14.2. The maximum absolute atomic E-state index is 14.0. The lowest BCUT2D eigenvalue weighted by atomic mass is 9.99. The van der Waals surface area contributed by atoms with Crippen molar-refractivity contribution >= 4 is 16.8 Å². The summed E-state index contributed by atoms with van der Waals surface area (Å²) in [4.78, 5) is 17.6. The molecule has 0 spiro atoms. The summed E-state index contributed by atoms with van der Waals surface area (Å²) < 4.78 is 14.0. The summed E-state index contributed by atoms with van der Waals surface area (Å²) in [7, 11) is 3.68. The van der Waals surface area contributed by atoms with Crippen molar-refractivity contribution in [3.8, 4) is 11.3 Å². The molecule has 4 rings (SSSR count). The van der Waals surface area contributed by atoms with Crippen molar-refractivity contribution < 1.29 is 9.18 Å². The Morgan fingerprint density at radius 3 is 2.72 bits per heavy atom. The van der Waals surface area contributed by atoms with Gasteiger partial charge in [-0.25, -0.2) is 4.39 Å². The summed E-state index contributed by atoms with van der Waals surface area (Å²) in [6.07, 6.45) is 0.745. The third kappa shape index (κ3) is 2.61. The number of carbonyl (C=O) groups is 1. The van der Waals surface area contributed by atoms with E-state index in [4.69, 9.17) is 0 Å². The van der Waals surface area contributed by atoms with Crippen molar-refractivity contribution in [2.45, 2.75) is 13.0 Å². The lowest BCUT2D eigenvalue weighted by Crippen LogP contribution is -2.27. The molecule has 2 aromatic carbocycles. The molecule has 0 aliphatic carbocycles. The van der Waals surface area contributed by atoms with Crippen LogP contribution < -0.4 is 5.32 Å². The van der Waals surface area contributed by atoms with E-state index in [1.165, 1.54) is 17.7 Å². The van der Waals surface area contributed by atoms with E-state index in [0.717, 1.165) is 35.2 Å². The maximum Gasteiger partial charge on any atom is 0.254 e. The predicted molar refractivity (Wildman–Crippen MR) is 97.1 cm³/mol. The fourth-order valence-corrected chi connectivity index (χ4v) is 3.61. The van der Waals surface area contributed by atoms with Gasteiger partial charge < -0.3 is 15.2 Å². The summed E-state index contributed by atoms with van der Waals surface area (Å²) in [5.41, 5.74) is 5.44. The standard InChI is InChI=1S/C20H20FN3O/c1-22-11-12-3-5-13(6-4-12)19-15-7-8-24(2)20(25)16-9-14(21)10-17(23-19)18(15)16/h3-6,9-10,22-23H,7-8,11H2,1-2H3. The van der Waals surface area contributed by atoms with Crippen LogP contribution in [0.1, 0.15) is 21.5 Å². The van der Waals surface area contributed by atoms with Crippen molar-refractivity contribution in [2.24, 2.45) is 0 Å². The number of benzene rings is 2. The average molecular weight is 337 g/mol. The van der Waals surface area contributed by atoms with Gasteiger partial charge >= 0.3 is 0 Å². The topological polar surface area (TPSA) is 48.1 Å². The van der Waals surface area contributed by atoms with E-state index in [1.807, 2.05) is 7.05 Å². The van der Waals surface area contributed by atoms with Gasteiger partial charge in [-0.3, -0.25) is 4.79 Å². The molecule has 0 atom stereocenters. The molecule has 0 fully saturated rings. The van der Waals surface area contributed by atoms with Crippen molar-refractivity contribution in [3.63, 3.8) is 0 Å². The number of hydrogen-bond acceptors (Lipinski definition) is 2. The van der Waals surface area contributed by atoms with Crippen LogP contribution in [0.4, 0.5) is 4.39 Å². The summed E-state index contributed by atoms with van der Waals surface area (Å²) in [5.74, 6) is -0.520. The van der Waals surface area contributed by atoms with Gasteiger partial charge in [-0.2, -0.15) is 0 Å². The molecular weight excluding hydrogens is 317 g/mol. The molecule has 0 bridgehead atoms. The minimum atomic E-state index is -0.394. The van der Waals surface area contributed by atoms with E-state index >= 15 is 0 Å². The molecule has 128 valence electrons. The average Bonchev–Trinajstić information content (AvgIpc) is 2.91. The second-order valence-electron chi connectivity index (χ2n) is 6.56. The Bertz CT molecular complexity index is 959. The van der Waals surface area contributed by atoms with Crippen molar-refractivity contribution in [3.05, 3.63) is 58.9 Å². The first-order chi connectivity index (χ1) is 12.1. The number of nitrogens with one attached hydrogen (secondary N) is 2. The minimum absolute atomic E-state index is 0.127. The number of carbonyl (C=O) groups excluding carboxylic acids is 1. The molecule has 4 nitrogen and oxygen atoms in total. The van der Waals surface area contributed by atoms with Crippen LogP contribution in [0.2, 0.25) is 0 Å². The van der Waals surface area contributed by atoms with Gasteiger partial charge in [-0.1, -0.05) is 24.3 Å². The van der Waals surface area contributed by atoms with E-state index in [9.17, 15) is 9.18 Å². The van der Waals surface area contributed by atoms with Gasteiger partial charge in [0, 0.05) is 36.7 Å². The highest BCUT2D eigenvalue weighted by Gasteiger charge is 2.26. The molecule has 0 saturated carbocycles. The summed E-state index contributed by atoms with van der Waals surface area (Å²) in [5, 5.41) is 3.99. The molecular formula is C20H20FN3O. The number of H-pyrrole nitrogens is 1. The quantitative estimate of drug-likeness (QED) is 0.770. The Kier molecular flexibility index (Phi) is 3.81. The van der Waals surface area contributed by atoms with Gasteiger partial charge in [0.2, 0.25) is 0 Å². The first-order valence-corrected chi connectivity index (χ1v) is 8.42. The highest BCUT2D eigenvalue weighted by Crippen LogP contribution is 2.35. The van der Waals surface area contributed by atoms with Crippen molar-refractivity contribution in [2.75, 3.05) is 20.6 Å². The van der Waals surface area contributed by atoms with E-state index in [-0.39, 0.29) is 5.91 Å². The molecule has 0 unspecified atom stereocenters. The Hall–Kier alpha value is -2.66. The van der Waals surface area contributed by atoms with Gasteiger partial charge in [0.1, 0.15) is 5.82 Å². The Morgan fingerprint density at radius 2 is 2.00 bits per heavy atom.